The van der Waals surface area contributed by atoms with Gasteiger partial charge in [-0.25, -0.2) is 8.42 Å². The van der Waals surface area contributed by atoms with Gasteiger partial charge in [0.2, 0.25) is 10.0 Å². The number of aromatic nitrogens is 1. The standard InChI is InChI=1S/C10H16N2O5S/c1-4-5-8(10(13)14)12-18(15,16)9-6(2)11-17-7(9)3/h8,12H,4-5H2,1-3H3,(H,13,14)/t8-/m0/s1. The van der Waals surface area contributed by atoms with Crippen molar-refractivity contribution >= 4 is 16.0 Å². The summed E-state index contributed by atoms with van der Waals surface area (Å²) < 4.78 is 31.0. The van der Waals surface area contributed by atoms with E-state index in [1.807, 2.05) is 0 Å². The van der Waals surface area contributed by atoms with Crippen LogP contribution in [0.1, 0.15) is 31.2 Å². The van der Waals surface area contributed by atoms with E-state index < -0.39 is 22.0 Å². The molecule has 1 aromatic heterocycles. The molecular weight excluding hydrogens is 260 g/mol. The Kier molecular flexibility index (Phi) is 4.47. The van der Waals surface area contributed by atoms with Crippen molar-refractivity contribution < 1.29 is 22.8 Å². The van der Waals surface area contributed by atoms with E-state index in [0.29, 0.717) is 6.42 Å². The summed E-state index contributed by atoms with van der Waals surface area (Å²) in [4.78, 5) is 10.8. The van der Waals surface area contributed by atoms with Crippen LogP contribution in [0.5, 0.6) is 0 Å². The minimum Gasteiger partial charge on any atom is -0.480 e. The summed E-state index contributed by atoms with van der Waals surface area (Å²) in [6.45, 7) is 4.73. The second-order valence-electron chi connectivity index (χ2n) is 3.95. The molecule has 0 radical (unpaired) electrons. The highest BCUT2D eigenvalue weighted by atomic mass is 32.2. The Morgan fingerprint density at radius 1 is 1.50 bits per heavy atom. The molecule has 0 fully saturated rings. The molecule has 1 heterocycles. The number of aliphatic carboxylic acids is 1. The van der Waals surface area contributed by atoms with Gasteiger partial charge < -0.3 is 9.63 Å². The van der Waals surface area contributed by atoms with E-state index in [1.54, 1.807) is 6.92 Å². The van der Waals surface area contributed by atoms with E-state index in [2.05, 4.69) is 9.88 Å². The SMILES string of the molecule is CCC[C@H](NS(=O)(=O)c1c(C)noc1C)C(=O)O. The fourth-order valence-electron chi connectivity index (χ4n) is 1.63. The Morgan fingerprint density at radius 2 is 2.11 bits per heavy atom. The van der Waals surface area contributed by atoms with Crippen LogP contribution in [-0.4, -0.2) is 30.7 Å². The Bertz CT molecular complexity index is 515. The molecular formula is C10H16N2O5S. The van der Waals surface area contributed by atoms with Gasteiger partial charge >= 0.3 is 5.97 Å². The minimum atomic E-state index is -3.93. The van der Waals surface area contributed by atoms with E-state index in [9.17, 15) is 13.2 Å². The van der Waals surface area contributed by atoms with Crippen molar-refractivity contribution in [1.29, 1.82) is 0 Å². The molecule has 18 heavy (non-hydrogen) atoms. The van der Waals surface area contributed by atoms with E-state index in [4.69, 9.17) is 9.63 Å². The van der Waals surface area contributed by atoms with E-state index in [0.717, 1.165) is 0 Å². The van der Waals surface area contributed by atoms with Crippen LogP contribution >= 0.6 is 0 Å². The summed E-state index contributed by atoms with van der Waals surface area (Å²) in [5.74, 6) is -1.06. The van der Waals surface area contributed by atoms with Crippen LogP contribution in [0.3, 0.4) is 0 Å². The molecule has 0 aliphatic carbocycles. The summed E-state index contributed by atoms with van der Waals surface area (Å²) in [7, 11) is -3.93. The second-order valence-corrected chi connectivity index (χ2v) is 5.60. The molecule has 0 bridgehead atoms. The number of rotatable bonds is 6. The number of hydrogen-bond acceptors (Lipinski definition) is 5. The maximum atomic E-state index is 12.1. The van der Waals surface area contributed by atoms with Crippen molar-refractivity contribution in [2.75, 3.05) is 0 Å². The highest BCUT2D eigenvalue weighted by molar-refractivity contribution is 7.89. The van der Waals surface area contributed by atoms with Gasteiger partial charge in [-0.05, 0) is 20.3 Å². The summed E-state index contributed by atoms with van der Waals surface area (Å²) in [6, 6.07) is -1.14. The van der Waals surface area contributed by atoms with Crippen molar-refractivity contribution in [3.63, 3.8) is 0 Å². The molecule has 102 valence electrons. The van der Waals surface area contributed by atoms with Gasteiger partial charge in [0.05, 0.1) is 0 Å². The first-order valence-corrected chi connectivity index (χ1v) is 6.96. The third kappa shape index (κ3) is 3.08. The zero-order valence-corrected chi connectivity index (χ0v) is 11.2. The lowest BCUT2D eigenvalue weighted by Gasteiger charge is -2.13. The van der Waals surface area contributed by atoms with E-state index >= 15 is 0 Å². The first kappa shape index (κ1) is 14.7. The van der Waals surface area contributed by atoms with Crippen molar-refractivity contribution in [2.45, 2.75) is 44.6 Å². The number of nitrogens with zero attached hydrogens (tertiary/aromatic N) is 1. The Labute approximate surface area is 105 Å². The van der Waals surface area contributed by atoms with Crippen LogP contribution in [0, 0.1) is 13.8 Å². The van der Waals surface area contributed by atoms with E-state index in [-0.39, 0.29) is 22.8 Å². The maximum absolute atomic E-state index is 12.1. The molecule has 7 nitrogen and oxygen atoms in total. The molecule has 1 rings (SSSR count). The fraction of sp³-hybridized carbons (Fsp3) is 0.600. The van der Waals surface area contributed by atoms with Gasteiger partial charge in [-0.1, -0.05) is 18.5 Å². The van der Waals surface area contributed by atoms with Crippen LogP contribution in [0.25, 0.3) is 0 Å². The van der Waals surface area contributed by atoms with Gasteiger partial charge in [0, 0.05) is 0 Å². The Morgan fingerprint density at radius 3 is 2.50 bits per heavy atom. The summed E-state index contributed by atoms with van der Waals surface area (Å²) >= 11 is 0. The average molecular weight is 276 g/mol. The van der Waals surface area contributed by atoms with Crippen molar-refractivity contribution in [3.8, 4) is 0 Å². The van der Waals surface area contributed by atoms with E-state index in [1.165, 1.54) is 13.8 Å². The fourth-order valence-corrected chi connectivity index (χ4v) is 3.18. The molecule has 0 aliphatic rings. The maximum Gasteiger partial charge on any atom is 0.321 e. The zero-order valence-electron chi connectivity index (χ0n) is 10.4. The molecule has 1 atom stereocenters. The molecule has 0 unspecified atom stereocenters. The quantitative estimate of drug-likeness (QED) is 0.796. The van der Waals surface area contributed by atoms with Crippen molar-refractivity contribution in [2.24, 2.45) is 0 Å². The summed E-state index contributed by atoms with van der Waals surface area (Å²) in [5.41, 5.74) is 0.209. The van der Waals surface area contributed by atoms with Crippen LogP contribution < -0.4 is 4.72 Å². The number of carboxylic acids is 1. The Balaban J connectivity index is 3.05. The normalized spacial score (nSPS) is 13.5. The zero-order chi connectivity index (χ0) is 13.9. The molecule has 0 saturated heterocycles. The molecule has 0 saturated carbocycles. The number of hydrogen-bond donors (Lipinski definition) is 2. The van der Waals surface area contributed by atoms with Gasteiger partial charge in [-0.3, -0.25) is 4.79 Å². The van der Waals surface area contributed by atoms with Crippen molar-refractivity contribution in [3.05, 3.63) is 11.5 Å². The van der Waals surface area contributed by atoms with Crippen molar-refractivity contribution in [1.82, 2.24) is 9.88 Å². The molecule has 1 aromatic rings. The molecule has 0 aromatic carbocycles. The molecule has 8 heteroatoms. The lowest BCUT2D eigenvalue weighted by molar-refractivity contribution is -0.139. The lowest BCUT2D eigenvalue weighted by Crippen LogP contribution is -2.40. The lowest BCUT2D eigenvalue weighted by atomic mass is 10.2. The smallest absolute Gasteiger partial charge is 0.321 e. The largest absolute Gasteiger partial charge is 0.480 e. The molecule has 2 N–H and O–H groups in total. The first-order valence-electron chi connectivity index (χ1n) is 5.47. The van der Waals surface area contributed by atoms with Crippen LogP contribution in [0.15, 0.2) is 9.42 Å². The highest BCUT2D eigenvalue weighted by Crippen LogP contribution is 2.19. The second kappa shape index (κ2) is 5.49. The molecule has 0 spiro atoms. The first-order chi connectivity index (χ1) is 8.29. The monoisotopic (exact) mass is 276 g/mol. The number of sulfonamides is 1. The number of carbonyl (C=O) groups is 1. The van der Waals surface area contributed by atoms with Crippen LogP contribution in [0.2, 0.25) is 0 Å². The predicted octanol–water partition coefficient (Wildman–Crippen LogP) is 0.823. The van der Waals surface area contributed by atoms with Gasteiger partial charge in [0.25, 0.3) is 0 Å². The number of nitrogens with one attached hydrogen (secondary N) is 1. The molecule has 0 amide bonds. The average Bonchev–Trinajstić information content (AvgIpc) is 2.58. The third-order valence-corrected chi connectivity index (χ3v) is 4.12. The number of aryl methyl sites for hydroxylation is 2. The third-order valence-electron chi connectivity index (χ3n) is 2.41. The topological polar surface area (TPSA) is 110 Å². The highest BCUT2D eigenvalue weighted by Gasteiger charge is 2.29. The number of carboxylic acid groups (broad SMARTS) is 1. The van der Waals surface area contributed by atoms with Crippen LogP contribution in [0.4, 0.5) is 0 Å². The summed E-state index contributed by atoms with van der Waals surface area (Å²) in [6.07, 6.45) is 0.777. The Hall–Kier alpha value is -1.41. The van der Waals surface area contributed by atoms with Gasteiger partial charge in [-0.15, -0.1) is 0 Å². The van der Waals surface area contributed by atoms with Gasteiger partial charge in [0.15, 0.2) is 5.76 Å². The van der Waals surface area contributed by atoms with Gasteiger partial charge in [0.1, 0.15) is 16.6 Å². The summed E-state index contributed by atoms with van der Waals surface area (Å²) in [5, 5.41) is 12.5. The minimum absolute atomic E-state index is 0.0927. The van der Waals surface area contributed by atoms with Gasteiger partial charge in [-0.2, -0.15) is 4.72 Å². The predicted molar refractivity (Wildman–Crippen MR) is 62.6 cm³/mol. The molecule has 0 aliphatic heterocycles. The van der Waals surface area contributed by atoms with Crippen LogP contribution in [-0.2, 0) is 14.8 Å².